The summed E-state index contributed by atoms with van der Waals surface area (Å²) in [6.45, 7) is 3.40. The van der Waals surface area contributed by atoms with E-state index in [1.807, 2.05) is 18.4 Å². The van der Waals surface area contributed by atoms with Crippen LogP contribution in [0, 0.1) is 5.92 Å². The lowest BCUT2D eigenvalue weighted by Crippen LogP contribution is -2.56. The molecule has 0 aliphatic carbocycles. The Kier molecular flexibility index (Phi) is 4.55. The Bertz CT molecular complexity index is 441. The van der Waals surface area contributed by atoms with Crippen molar-refractivity contribution in [2.75, 3.05) is 26.8 Å². The molecule has 19 heavy (non-hydrogen) atoms. The lowest BCUT2D eigenvalue weighted by molar-refractivity contribution is -0.129. The highest BCUT2D eigenvalue weighted by Gasteiger charge is 2.36. The molecule has 1 saturated heterocycles. The molecule has 0 unspecified atom stereocenters. The first-order chi connectivity index (χ1) is 9.11. The van der Waals surface area contributed by atoms with Gasteiger partial charge in [0, 0.05) is 26.2 Å². The fraction of sp³-hybridized carbons (Fsp3) is 0.538. The smallest absolute Gasteiger partial charge is 0.263 e. The maximum Gasteiger partial charge on any atom is 0.263 e. The lowest BCUT2D eigenvalue weighted by atomic mass is 9.98. The minimum Gasteiger partial charge on any atom is -0.383 e. The number of nitrogens with zero attached hydrogens (tertiary/aromatic N) is 1. The normalized spacial score (nSPS) is 16.8. The Balaban J connectivity index is 1.77. The molecule has 0 radical (unpaired) electrons. The van der Waals surface area contributed by atoms with Crippen molar-refractivity contribution in [3.8, 4) is 0 Å². The van der Waals surface area contributed by atoms with Crippen molar-refractivity contribution in [3.63, 3.8) is 0 Å². The van der Waals surface area contributed by atoms with E-state index in [2.05, 4.69) is 5.32 Å². The van der Waals surface area contributed by atoms with Crippen molar-refractivity contribution in [2.45, 2.75) is 13.0 Å². The first-order valence-corrected chi connectivity index (χ1v) is 7.12. The van der Waals surface area contributed by atoms with Gasteiger partial charge in [0.25, 0.3) is 5.91 Å². The molecule has 0 bridgehead atoms. The number of nitrogens with one attached hydrogen (secondary N) is 1. The molecule has 1 N–H and O–H groups in total. The Morgan fingerprint density at radius 2 is 2.32 bits per heavy atom. The Morgan fingerprint density at radius 3 is 2.89 bits per heavy atom. The second-order valence-electron chi connectivity index (χ2n) is 4.75. The van der Waals surface area contributed by atoms with Crippen LogP contribution < -0.4 is 5.32 Å². The molecule has 1 aliphatic heterocycles. The van der Waals surface area contributed by atoms with Crippen molar-refractivity contribution >= 4 is 23.2 Å². The SMILES string of the molecule is COC[C@H](C)NC(=O)C1CN(C(=O)c2cccs2)C1. The van der Waals surface area contributed by atoms with Crippen LogP contribution in [0.2, 0.25) is 0 Å². The molecule has 104 valence electrons. The average molecular weight is 282 g/mol. The van der Waals surface area contributed by atoms with Gasteiger partial charge in [0.15, 0.2) is 0 Å². The van der Waals surface area contributed by atoms with Crippen LogP contribution in [0.25, 0.3) is 0 Å². The summed E-state index contributed by atoms with van der Waals surface area (Å²) in [5, 5.41) is 4.76. The summed E-state index contributed by atoms with van der Waals surface area (Å²) in [4.78, 5) is 26.3. The van der Waals surface area contributed by atoms with Gasteiger partial charge < -0.3 is 15.0 Å². The minimum atomic E-state index is -0.0942. The number of hydrogen-bond acceptors (Lipinski definition) is 4. The van der Waals surface area contributed by atoms with Crippen LogP contribution in [0.3, 0.4) is 0 Å². The van der Waals surface area contributed by atoms with Gasteiger partial charge in [-0.05, 0) is 18.4 Å². The zero-order valence-corrected chi connectivity index (χ0v) is 11.9. The highest BCUT2D eigenvalue weighted by Crippen LogP contribution is 2.21. The molecule has 2 amide bonds. The zero-order chi connectivity index (χ0) is 13.8. The van der Waals surface area contributed by atoms with E-state index >= 15 is 0 Å². The summed E-state index contributed by atoms with van der Waals surface area (Å²) in [7, 11) is 1.60. The Hall–Kier alpha value is -1.40. The zero-order valence-electron chi connectivity index (χ0n) is 11.1. The number of amides is 2. The molecule has 0 spiro atoms. The Labute approximate surface area is 116 Å². The number of methoxy groups -OCH3 is 1. The maximum atomic E-state index is 12.0. The summed E-state index contributed by atoms with van der Waals surface area (Å²) in [6, 6.07) is 3.66. The quantitative estimate of drug-likeness (QED) is 0.875. The van der Waals surface area contributed by atoms with Crippen molar-refractivity contribution in [2.24, 2.45) is 5.92 Å². The van der Waals surface area contributed by atoms with Gasteiger partial charge in [-0.15, -0.1) is 11.3 Å². The molecule has 1 aromatic heterocycles. The standard InChI is InChI=1S/C13H18N2O3S/c1-9(8-18-2)14-12(16)10-6-15(7-10)13(17)11-4-3-5-19-11/h3-5,9-10H,6-8H2,1-2H3,(H,14,16)/t9-/m0/s1. The maximum absolute atomic E-state index is 12.0. The molecule has 1 aliphatic rings. The van der Waals surface area contributed by atoms with Crippen LogP contribution in [-0.2, 0) is 9.53 Å². The monoisotopic (exact) mass is 282 g/mol. The number of thiophene rings is 1. The number of carbonyl (C=O) groups excluding carboxylic acids is 2. The van der Waals surface area contributed by atoms with Gasteiger partial charge in [-0.3, -0.25) is 9.59 Å². The minimum absolute atomic E-state index is 0.000204. The number of hydrogen-bond donors (Lipinski definition) is 1. The molecule has 2 heterocycles. The largest absolute Gasteiger partial charge is 0.383 e. The van der Waals surface area contributed by atoms with E-state index in [4.69, 9.17) is 4.74 Å². The van der Waals surface area contributed by atoms with Gasteiger partial charge in [-0.1, -0.05) is 6.07 Å². The fourth-order valence-electron chi connectivity index (χ4n) is 2.02. The second kappa shape index (κ2) is 6.16. The fourth-order valence-corrected chi connectivity index (χ4v) is 2.71. The van der Waals surface area contributed by atoms with E-state index in [0.717, 1.165) is 4.88 Å². The van der Waals surface area contributed by atoms with Crippen LogP contribution in [-0.4, -0.2) is 49.6 Å². The van der Waals surface area contributed by atoms with Gasteiger partial charge in [-0.25, -0.2) is 0 Å². The molecule has 2 rings (SSSR count). The van der Waals surface area contributed by atoms with Crippen LogP contribution in [0.1, 0.15) is 16.6 Å². The highest BCUT2D eigenvalue weighted by atomic mass is 32.1. The number of ether oxygens (including phenoxy) is 1. The van der Waals surface area contributed by atoms with E-state index in [1.165, 1.54) is 11.3 Å². The molecule has 1 fully saturated rings. The van der Waals surface area contributed by atoms with E-state index in [1.54, 1.807) is 18.1 Å². The predicted octanol–water partition coefficient (Wildman–Crippen LogP) is 0.971. The second-order valence-corrected chi connectivity index (χ2v) is 5.70. The number of carbonyl (C=O) groups is 2. The molecule has 5 nitrogen and oxygen atoms in total. The van der Waals surface area contributed by atoms with Crippen LogP contribution >= 0.6 is 11.3 Å². The molecule has 1 atom stereocenters. The highest BCUT2D eigenvalue weighted by molar-refractivity contribution is 7.12. The third kappa shape index (κ3) is 3.33. The van der Waals surface area contributed by atoms with E-state index in [-0.39, 0.29) is 23.8 Å². The van der Waals surface area contributed by atoms with Crippen LogP contribution in [0.15, 0.2) is 17.5 Å². The molecule has 1 aromatic rings. The predicted molar refractivity (Wildman–Crippen MR) is 73.2 cm³/mol. The van der Waals surface area contributed by atoms with Gasteiger partial charge in [0.1, 0.15) is 0 Å². The summed E-state index contributed by atoms with van der Waals surface area (Å²) in [5.74, 6) is -0.0769. The topological polar surface area (TPSA) is 58.6 Å². The van der Waals surface area contributed by atoms with Crippen molar-refractivity contribution in [1.29, 1.82) is 0 Å². The summed E-state index contributed by atoms with van der Waals surface area (Å²) < 4.78 is 4.97. The van der Waals surface area contributed by atoms with Gasteiger partial charge >= 0.3 is 0 Å². The first-order valence-electron chi connectivity index (χ1n) is 6.24. The molecular weight excluding hydrogens is 264 g/mol. The van der Waals surface area contributed by atoms with Gasteiger partial charge in [0.05, 0.1) is 17.4 Å². The van der Waals surface area contributed by atoms with Crippen molar-refractivity contribution in [1.82, 2.24) is 10.2 Å². The van der Waals surface area contributed by atoms with E-state index in [0.29, 0.717) is 19.7 Å². The molecule has 0 aromatic carbocycles. The van der Waals surface area contributed by atoms with E-state index in [9.17, 15) is 9.59 Å². The first kappa shape index (κ1) is 14.0. The van der Waals surface area contributed by atoms with Crippen LogP contribution in [0.5, 0.6) is 0 Å². The third-order valence-corrected chi connectivity index (χ3v) is 3.93. The Morgan fingerprint density at radius 1 is 1.58 bits per heavy atom. The third-order valence-electron chi connectivity index (χ3n) is 3.08. The van der Waals surface area contributed by atoms with Gasteiger partial charge in [-0.2, -0.15) is 0 Å². The summed E-state index contributed by atoms with van der Waals surface area (Å²) >= 11 is 1.43. The van der Waals surface area contributed by atoms with Crippen LogP contribution in [0.4, 0.5) is 0 Å². The summed E-state index contributed by atoms with van der Waals surface area (Å²) in [6.07, 6.45) is 0. The van der Waals surface area contributed by atoms with Crippen molar-refractivity contribution < 1.29 is 14.3 Å². The van der Waals surface area contributed by atoms with E-state index < -0.39 is 0 Å². The number of rotatable bonds is 5. The molecule has 6 heteroatoms. The molecule has 0 saturated carbocycles. The summed E-state index contributed by atoms with van der Waals surface area (Å²) in [5.41, 5.74) is 0. The lowest BCUT2D eigenvalue weighted by Gasteiger charge is -2.38. The number of likely N-dealkylation sites (tertiary alicyclic amines) is 1. The average Bonchev–Trinajstić information content (AvgIpc) is 2.79. The van der Waals surface area contributed by atoms with Crippen molar-refractivity contribution in [3.05, 3.63) is 22.4 Å². The van der Waals surface area contributed by atoms with Gasteiger partial charge in [0.2, 0.25) is 5.91 Å². The molecular formula is C13H18N2O3S.